The van der Waals surface area contributed by atoms with E-state index in [0.717, 1.165) is 10.0 Å². The summed E-state index contributed by atoms with van der Waals surface area (Å²) in [7, 11) is 1.59. The van der Waals surface area contributed by atoms with Crippen LogP contribution in [0.2, 0.25) is 0 Å². The van der Waals surface area contributed by atoms with Gasteiger partial charge >= 0.3 is 5.97 Å². The van der Waals surface area contributed by atoms with Crippen molar-refractivity contribution in [2.24, 2.45) is 0 Å². The van der Waals surface area contributed by atoms with E-state index in [0.29, 0.717) is 43.9 Å². The van der Waals surface area contributed by atoms with Crippen LogP contribution in [0.15, 0.2) is 46.9 Å². The first-order valence-electron chi connectivity index (χ1n) is 10.0. The van der Waals surface area contributed by atoms with Gasteiger partial charge in [-0.1, -0.05) is 29.8 Å². The van der Waals surface area contributed by atoms with Crippen molar-refractivity contribution in [3.05, 3.63) is 63.6 Å². The second kappa shape index (κ2) is 10.1. The number of piperazine rings is 1. The van der Waals surface area contributed by atoms with Gasteiger partial charge in [0, 0.05) is 44.2 Å². The number of ether oxygens (including phenoxy) is 1. The van der Waals surface area contributed by atoms with Gasteiger partial charge in [-0.05, 0) is 53.0 Å². The number of nitrogens with zero attached hydrogens (tertiary/aromatic N) is 2. The standard InChI is InChI=1S/C23H27BrN2O4/c1-16-3-5-17(6-4-16)20(8-10-22(27)28)25-11-13-26(14-12-25)23(29)18-7-9-21(30-2)19(24)15-18/h3-7,9,15,20H,8,10-14H2,1-2H3,(H,27,28)/t20-/m0/s1. The van der Waals surface area contributed by atoms with Crippen LogP contribution in [0, 0.1) is 6.92 Å². The number of carbonyl (C=O) groups is 2. The zero-order valence-electron chi connectivity index (χ0n) is 17.3. The van der Waals surface area contributed by atoms with Gasteiger partial charge in [-0.3, -0.25) is 14.5 Å². The largest absolute Gasteiger partial charge is 0.496 e. The van der Waals surface area contributed by atoms with E-state index in [4.69, 9.17) is 9.84 Å². The highest BCUT2D eigenvalue weighted by Gasteiger charge is 2.28. The number of carboxylic acids is 1. The van der Waals surface area contributed by atoms with E-state index in [9.17, 15) is 9.59 Å². The van der Waals surface area contributed by atoms with E-state index < -0.39 is 5.97 Å². The molecule has 1 aliphatic heterocycles. The van der Waals surface area contributed by atoms with Crippen LogP contribution >= 0.6 is 15.9 Å². The Morgan fingerprint density at radius 3 is 2.33 bits per heavy atom. The van der Waals surface area contributed by atoms with Crippen molar-refractivity contribution >= 4 is 27.8 Å². The number of aryl methyl sites for hydroxylation is 1. The van der Waals surface area contributed by atoms with Crippen LogP contribution in [-0.4, -0.2) is 60.1 Å². The molecule has 1 atom stereocenters. The van der Waals surface area contributed by atoms with Crippen molar-refractivity contribution in [2.45, 2.75) is 25.8 Å². The summed E-state index contributed by atoms with van der Waals surface area (Å²) in [5.41, 5.74) is 2.93. The molecule has 1 amide bonds. The Balaban J connectivity index is 1.68. The minimum absolute atomic E-state index is 0.00424. The number of benzene rings is 2. The molecule has 2 aromatic carbocycles. The van der Waals surface area contributed by atoms with Gasteiger partial charge in [0.1, 0.15) is 5.75 Å². The number of hydrogen-bond donors (Lipinski definition) is 1. The van der Waals surface area contributed by atoms with Crippen molar-refractivity contribution in [3.63, 3.8) is 0 Å². The van der Waals surface area contributed by atoms with E-state index in [1.165, 1.54) is 5.56 Å². The first-order valence-corrected chi connectivity index (χ1v) is 10.8. The fourth-order valence-electron chi connectivity index (χ4n) is 3.83. The zero-order valence-corrected chi connectivity index (χ0v) is 18.9. The van der Waals surface area contributed by atoms with Crippen LogP contribution in [0.1, 0.15) is 40.4 Å². The van der Waals surface area contributed by atoms with Gasteiger partial charge in [-0.15, -0.1) is 0 Å². The first kappa shape index (κ1) is 22.3. The van der Waals surface area contributed by atoms with Gasteiger partial charge in [0.25, 0.3) is 5.91 Å². The summed E-state index contributed by atoms with van der Waals surface area (Å²) in [6, 6.07) is 13.7. The van der Waals surface area contributed by atoms with E-state index >= 15 is 0 Å². The van der Waals surface area contributed by atoms with Crippen LogP contribution < -0.4 is 4.74 Å². The number of carboxylic acid groups (broad SMARTS) is 1. The quantitative estimate of drug-likeness (QED) is 0.652. The Hall–Kier alpha value is -2.38. The molecular weight excluding hydrogens is 448 g/mol. The average Bonchev–Trinajstić information content (AvgIpc) is 2.74. The molecule has 0 aromatic heterocycles. The molecule has 7 heteroatoms. The molecular formula is C23H27BrN2O4. The Kier molecular flexibility index (Phi) is 7.50. The minimum atomic E-state index is -0.786. The van der Waals surface area contributed by atoms with Crippen LogP contribution in [0.5, 0.6) is 5.75 Å². The van der Waals surface area contributed by atoms with E-state index in [1.54, 1.807) is 25.3 Å². The maximum Gasteiger partial charge on any atom is 0.303 e. The number of hydrogen-bond acceptors (Lipinski definition) is 4. The molecule has 0 saturated carbocycles. The summed E-state index contributed by atoms with van der Waals surface area (Å²) in [5.74, 6) is -0.0998. The molecule has 0 radical (unpaired) electrons. The predicted molar refractivity (Wildman–Crippen MR) is 119 cm³/mol. The minimum Gasteiger partial charge on any atom is -0.496 e. The van der Waals surface area contributed by atoms with Crippen LogP contribution in [0.3, 0.4) is 0 Å². The monoisotopic (exact) mass is 474 g/mol. The lowest BCUT2D eigenvalue weighted by molar-refractivity contribution is -0.137. The molecule has 1 heterocycles. The molecule has 3 rings (SSSR count). The lowest BCUT2D eigenvalue weighted by Crippen LogP contribution is -2.49. The number of aliphatic carboxylic acids is 1. The van der Waals surface area contributed by atoms with Crippen molar-refractivity contribution in [1.29, 1.82) is 0 Å². The second-order valence-corrected chi connectivity index (χ2v) is 8.39. The number of rotatable bonds is 7. The maximum absolute atomic E-state index is 12.9. The molecule has 30 heavy (non-hydrogen) atoms. The number of methoxy groups -OCH3 is 1. The lowest BCUT2D eigenvalue weighted by Gasteiger charge is -2.39. The van der Waals surface area contributed by atoms with Crippen LogP contribution in [0.4, 0.5) is 0 Å². The molecule has 160 valence electrons. The smallest absolute Gasteiger partial charge is 0.303 e. The number of carbonyl (C=O) groups excluding carboxylic acids is 1. The summed E-state index contributed by atoms with van der Waals surface area (Å²) in [6.07, 6.45) is 0.676. The van der Waals surface area contributed by atoms with E-state index in [-0.39, 0.29) is 18.4 Å². The van der Waals surface area contributed by atoms with Crippen molar-refractivity contribution in [1.82, 2.24) is 9.80 Å². The number of halogens is 1. The van der Waals surface area contributed by atoms with Gasteiger partial charge < -0.3 is 14.7 Å². The maximum atomic E-state index is 12.9. The zero-order chi connectivity index (χ0) is 21.7. The molecule has 0 spiro atoms. The van der Waals surface area contributed by atoms with Gasteiger partial charge in [-0.2, -0.15) is 0 Å². The Bertz CT molecular complexity index is 893. The predicted octanol–water partition coefficient (Wildman–Crippen LogP) is 4.13. The Morgan fingerprint density at radius 2 is 1.77 bits per heavy atom. The van der Waals surface area contributed by atoms with Crippen LogP contribution in [0.25, 0.3) is 0 Å². The third-order valence-electron chi connectivity index (χ3n) is 5.53. The molecule has 0 aliphatic carbocycles. The summed E-state index contributed by atoms with van der Waals surface area (Å²) in [6.45, 7) is 4.68. The Morgan fingerprint density at radius 1 is 1.10 bits per heavy atom. The molecule has 6 nitrogen and oxygen atoms in total. The molecule has 0 bridgehead atoms. The summed E-state index contributed by atoms with van der Waals surface area (Å²) < 4.78 is 5.99. The van der Waals surface area contributed by atoms with Crippen molar-refractivity contribution < 1.29 is 19.4 Å². The van der Waals surface area contributed by atoms with E-state index in [1.807, 2.05) is 11.8 Å². The molecule has 1 N–H and O–H groups in total. The van der Waals surface area contributed by atoms with Crippen LogP contribution in [-0.2, 0) is 4.79 Å². The number of amides is 1. The topological polar surface area (TPSA) is 70.1 Å². The van der Waals surface area contributed by atoms with Gasteiger partial charge in [0.2, 0.25) is 0 Å². The molecule has 0 unspecified atom stereocenters. The fraction of sp³-hybridized carbons (Fsp3) is 0.391. The molecule has 1 aliphatic rings. The SMILES string of the molecule is COc1ccc(C(=O)N2CCN([C@@H](CCC(=O)O)c3ccc(C)cc3)CC2)cc1Br. The summed E-state index contributed by atoms with van der Waals surface area (Å²) in [4.78, 5) is 28.2. The van der Waals surface area contributed by atoms with Gasteiger partial charge in [0.05, 0.1) is 11.6 Å². The molecule has 2 aromatic rings. The Labute approximate surface area is 185 Å². The molecule has 1 fully saturated rings. The highest BCUT2D eigenvalue weighted by molar-refractivity contribution is 9.10. The normalized spacial score (nSPS) is 15.6. The van der Waals surface area contributed by atoms with Crippen molar-refractivity contribution in [3.8, 4) is 5.75 Å². The first-order chi connectivity index (χ1) is 14.4. The lowest BCUT2D eigenvalue weighted by atomic mass is 9.98. The summed E-state index contributed by atoms with van der Waals surface area (Å²) >= 11 is 3.44. The fourth-order valence-corrected chi connectivity index (χ4v) is 4.37. The average molecular weight is 475 g/mol. The highest BCUT2D eigenvalue weighted by atomic mass is 79.9. The van der Waals surface area contributed by atoms with Gasteiger partial charge in [0.15, 0.2) is 0 Å². The van der Waals surface area contributed by atoms with E-state index in [2.05, 4.69) is 45.1 Å². The highest BCUT2D eigenvalue weighted by Crippen LogP contribution is 2.29. The molecule has 1 saturated heterocycles. The third-order valence-corrected chi connectivity index (χ3v) is 6.15. The van der Waals surface area contributed by atoms with Crippen molar-refractivity contribution in [2.75, 3.05) is 33.3 Å². The summed E-state index contributed by atoms with van der Waals surface area (Å²) in [5, 5.41) is 9.17. The van der Waals surface area contributed by atoms with Gasteiger partial charge in [-0.25, -0.2) is 0 Å². The third kappa shape index (κ3) is 5.40. The second-order valence-electron chi connectivity index (χ2n) is 7.54.